The minimum atomic E-state index is -1.01. The first-order valence-corrected chi connectivity index (χ1v) is 9.53. The lowest BCUT2D eigenvalue weighted by molar-refractivity contribution is -0.123. The summed E-state index contributed by atoms with van der Waals surface area (Å²) in [5.74, 6) is -0.804. The summed E-state index contributed by atoms with van der Waals surface area (Å²) in [7, 11) is 0. The van der Waals surface area contributed by atoms with Crippen molar-refractivity contribution in [2.24, 2.45) is 0 Å². The fraction of sp³-hybridized carbons (Fsp3) is 0.100. The zero-order valence-corrected chi connectivity index (χ0v) is 16.4. The Bertz CT molecular complexity index is 968. The molecule has 0 aliphatic carbocycles. The Labute approximate surface area is 171 Å². The molecule has 1 atom stereocenters. The fourth-order valence-corrected chi connectivity index (χ4v) is 3.19. The molecule has 0 bridgehead atoms. The van der Waals surface area contributed by atoms with Crippen LogP contribution in [0.1, 0.15) is 17.3 Å². The molecule has 1 amide bonds. The van der Waals surface area contributed by atoms with E-state index in [2.05, 4.69) is 15.3 Å². The number of carbonyl (C=O) groups excluding carboxylic acids is 2. The average Bonchev–Trinajstić information content (AvgIpc) is 2.70. The minimum absolute atomic E-state index is 0.292. The van der Waals surface area contributed by atoms with Gasteiger partial charge in [-0.15, -0.1) is 0 Å². The van der Waals surface area contributed by atoms with Crippen LogP contribution in [0.3, 0.4) is 0 Å². The highest BCUT2D eigenvalue weighted by molar-refractivity contribution is 7.99. The van der Waals surface area contributed by atoms with Crippen molar-refractivity contribution in [2.75, 3.05) is 5.32 Å². The van der Waals surface area contributed by atoms with Gasteiger partial charge in [0, 0.05) is 17.3 Å². The summed E-state index contributed by atoms with van der Waals surface area (Å²) in [6.45, 7) is 1.49. The second-order valence-electron chi connectivity index (χ2n) is 5.67. The predicted molar refractivity (Wildman–Crippen MR) is 108 cm³/mol. The van der Waals surface area contributed by atoms with Crippen molar-refractivity contribution in [3.8, 4) is 0 Å². The normalized spacial score (nSPS) is 11.5. The maximum atomic E-state index is 12.6. The van der Waals surface area contributed by atoms with Crippen molar-refractivity contribution in [3.05, 3.63) is 77.6 Å². The standard InChI is InChI=1S/C20H16ClN3O3S/c1-13(18(25)24-17-10-9-14(21)12-23-17)27-20(26)16-8-5-11-22-19(16)28-15-6-3-2-4-7-15/h2-13H,1H3,(H,23,24,25). The summed E-state index contributed by atoms with van der Waals surface area (Å²) in [4.78, 5) is 34.0. The van der Waals surface area contributed by atoms with Crippen LogP contribution in [0, 0.1) is 0 Å². The van der Waals surface area contributed by atoms with E-state index < -0.39 is 18.0 Å². The van der Waals surface area contributed by atoms with Crippen LogP contribution in [0.4, 0.5) is 5.82 Å². The number of amides is 1. The largest absolute Gasteiger partial charge is 0.449 e. The number of halogens is 1. The van der Waals surface area contributed by atoms with E-state index in [1.54, 1.807) is 30.5 Å². The first-order chi connectivity index (χ1) is 13.5. The maximum Gasteiger partial charge on any atom is 0.341 e. The number of carbonyl (C=O) groups is 2. The molecule has 1 aromatic carbocycles. The second-order valence-corrected chi connectivity index (χ2v) is 7.17. The molecular formula is C20H16ClN3O3S. The average molecular weight is 414 g/mol. The van der Waals surface area contributed by atoms with Crippen LogP contribution in [0.15, 0.2) is 76.9 Å². The van der Waals surface area contributed by atoms with Gasteiger partial charge in [-0.3, -0.25) is 4.79 Å². The number of hydrogen-bond donors (Lipinski definition) is 1. The van der Waals surface area contributed by atoms with Gasteiger partial charge in [0.25, 0.3) is 5.91 Å². The second kappa shape index (κ2) is 9.34. The van der Waals surface area contributed by atoms with Crippen LogP contribution < -0.4 is 5.32 Å². The summed E-state index contributed by atoms with van der Waals surface area (Å²) in [6.07, 6.45) is 2.00. The topological polar surface area (TPSA) is 81.2 Å². The van der Waals surface area contributed by atoms with Gasteiger partial charge in [0.1, 0.15) is 10.8 Å². The van der Waals surface area contributed by atoms with E-state index in [1.165, 1.54) is 24.9 Å². The van der Waals surface area contributed by atoms with Gasteiger partial charge in [0.15, 0.2) is 6.10 Å². The predicted octanol–water partition coefficient (Wildman–Crippen LogP) is 4.47. The summed E-state index contributed by atoms with van der Waals surface area (Å²) in [5, 5.41) is 3.53. The van der Waals surface area contributed by atoms with Crippen molar-refractivity contribution in [1.29, 1.82) is 0 Å². The molecule has 3 rings (SSSR count). The molecule has 1 unspecified atom stereocenters. The van der Waals surface area contributed by atoms with Crippen LogP contribution in [0.5, 0.6) is 0 Å². The number of anilines is 1. The summed E-state index contributed by atoms with van der Waals surface area (Å²) < 4.78 is 5.31. The highest BCUT2D eigenvalue weighted by Gasteiger charge is 2.22. The molecule has 8 heteroatoms. The number of rotatable bonds is 6. The van der Waals surface area contributed by atoms with Crippen LogP contribution in [-0.4, -0.2) is 27.9 Å². The molecule has 1 N–H and O–H groups in total. The number of esters is 1. The van der Waals surface area contributed by atoms with E-state index >= 15 is 0 Å². The van der Waals surface area contributed by atoms with Gasteiger partial charge >= 0.3 is 5.97 Å². The van der Waals surface area contributed by atoms with Gasteiger partial charge in [0.05, 0.1) is 10.6 Å². The molecule has 0 spiro atoms. The molecule has 28 heavy (non-hydrogen) atoms. The van der Waals surface area contributed by atoms with Crippen molar-refractivity contribution >= 4 is 41.1 Å². The molecule has 0 saturated heterocycles. The van der Waals surface area contributed by atoms with E-state index in [1.807, 2.05) is 30.3 Å². The Hall–Kier alpha value is -2.90. The zero-order chi connectivity index (χ0) is 19.9. The number of nitrogens with zero attached hydrogens (tertiary/aromatic N) is 2. The highest BCUT2D eigenvalue weighted by Crippen LogP contribution is 2.28. The number of pyridine rings is 2. The van der Waals surface area contributed by atoms with Crippen LogP contribution in [0.25, 0.3) is 0 Å². The number of ether oxygens (including phenoxy) is 1. The van der Waals surface area contributed by atoms with E-state index in [0.717, 1.165) is 4.90 Å². The summed E-state index contributed by atoms with van der Waals surface area (Å²) >= 11 is 7.11. The fourth-order valence-electron chi connectivity index (χ4n) is 2.18. The van der Waals surface area contributed by atoms with E-state index in [0.29, 0.717) is 21.4 Å². The molecule has 0 saturated carbocycles. The number of hydrogen-bond acceptors (Lipinski definition) is 6. The number of aromatic nitrogens is 2. The van der Waals surface area contributed by atoms with Crippen LogP contribution in [0.2, 0.25) is 5.02 Å². The third kappa shape index (κ3) is 5.31. The minimum Gasteiger partial charge on any atom is -0.449 e. The van der Waals surface area contributed by atoms with Gasteiger partial charge in [-0.05, 0) is 43.3 Å². The SMILES string of the molecule is CC(OC(=O)c1cccnc1Sc1ccccc1)C(=O)Nc1ccc(Cl)cn1. The lowest BCUT2D eigenvalue weighted by Gasteiger charge is -2.14. The third-order valence-corrected chi connectivity index (χ3v) is 4.83. The summed E-state index contributed by atoms with van der Waals surface area (Å²) in [5.41, 5.74) is 0.292. The van der Waals surface area contributed by atoms with Crippen LogP contribution >= 0.6 is 23.4 Å². The molecular weight excluding hydrogens is 398 g/mol. The summed E-state index contributed by atoms with van der Waals surface area (Å²) in [6, 6.07) is 16.0. The molecule has 3 aromatic rings. The van der Waals surface area contributed by atoms with Gasteiger partial charge in [0.2, 0.25) is 0 Å². The van der Waals surface area contributed by atoms with Crippen molar-refractivity contribution < 1.29 is 14.3 Å². The molecule has 0 fully saturated rings. The Kier molecular flexibility index (Phi) is 6.62. The Morgan fingerprint density at radius 2 is 1.86 bits per heavy atom. The van der Waals surface area contributed by atoms with Crippen LogP contribution in [-0.2, 0) is 9.53 Å². The molecule has 142 valence electrons. The molecule has 2 heterocycles. The smallest absolute Gasteiger partial charge is 0.341 e. The Morgan fingerprint density at radius 3 is 2.57 bits per heavy atom. The lowest BCUT2D eigenvalue weighted by atomic mass is 10.3. The van der Waals surface area contributed by atoms with E-state index in [9.17, 15) is 9.59 Å². The van der Waals surface area contributed by atoms with Gasteiger partial charge < -0.3 is 10.1 Å². The molecule has 0 radical (unpaired) electrons. The van der Waals surface area contributed by atoms with E-state index in [4.69, 9.17) is 16.3 Å². The van der Waals surface area contributed by atoms with Gasteiger partial charge in [-0.25, -0.2) is 14.8 Å². The van der Waals surface area contributed by atoms with Gasteiger partial charge in [-0.1, -0.05) is 41.6 Å². The van der Waals surface area contributed by atoms with Crippen molar-refractivity contribution in [1.82, 2.24) is 9.97 Å². The highest BCUT2D eigenvalue weighted by atomic mass is 35.5. The quantitative estimate of drug-likeness (QED) is 0.600. The van der Waals surface area contributed by atoms with Gasteiger partial charge in [-0.2, -0.15) is 0 Å². The first kappa shape index (κ1) is 19.9. The van der Waals surface area contributed by atoms with E-state index in [-0.39, 0.29) is 0 Å². The molecule has 0 aliphatic heterocycles. The number of benzene rings is 1. The monoisotopic (exact) mass is 413 g/mol. The number of nitrogens with one attached hydrogen (secondary N) is 1. The van der Waals surface area contributed by atoms with Crippen molar-refractivity contribution in [2.45, 2.75) is 22.9 Å². The molecule has 2 aromatic heterocycles. The van der Waals surface area contributed by atoms with Crippen molar-refractivity contribution in [3.63, 3.8) is 0 Å². The lowest BCUT2D eigenvalue weighted by Crippen LogP contribution is -2.30. The Morgan fingerprint density at radius 1 is 1.07 bits per heavy atom. The molecule has 0 aliphatic rings. The third-order valence-electron chi connectivity index (χ3n) is 3.58. The molecule has 6 nitrogen and oxygen atoms in total. The Balaban J connectivity index is 1.67. The first-order valence-electron chi connectivity index (χ1n) is 8.34. The maximum absolute atomic E-state index is 12.6. The zero-order valence-electron chi connectivity index (χ0n) is 14.8.